The summed E-state index contributed by atoms with van der Waals surface area (Å²) in [6.45, 7) is 9.78. The Balaban J connectivity index is 4.46. The molecule has 0 aromatic heterocycles. The van der Waals surface area contributed by atoms with Gasteiger partial charge in [-0.15, -0.1) is 0 Å². The first-order valence-electron chi connectivity index (χ1n) is 6.97. The number of amides is 2. The van der Waals surface area contributed by atoms with Crippen molar-refractivity contribution >= 4 is 18.2 Å². The van der Waals surface area contributed by atoms with Crippen molar-refractivity contribution in [2.45, 2.75) is 52.7 Å². The molecule has 0 aliphatic rings. The molecule has 2 amide bonds. The fourth-order valence-electron chi connectivity index (χ4n) is 1.33. The maximum absolute atomic E-state index is 11.9. The van der Waals surface area contributed by atoms with Gasteiger partial charge in [-0.3, -0.25) is 9.69 Å². The first-order chi connectivity index (χ1) is 9.80. The van der Waals surface area contributed by atoms with Crippen LogP contribution in [0, 0.1) is 0 Å². The zero-order valence-electron chi connectivity index (χ0n) is 14.1. The van der Waals surface area contributed by atoms with Crippen LogP contribution in [-0.4, -0.2) is 59.0 Å². The van der Waals surface area contributed by atoms with Crippen LogP contribution in [0.25, 0.3) is 0 Å². The number of alkyl carbamates (subject to hydrolysis) is 1. The maximum atomic E-state index is 11.9. The molecule has 0 fully saturated rings. The van der Waals surface area contributed by atoms with Crippen LogP contribution in [0.4, 0.5) is 9.59 Å². The summed E-state index contributed by atoms with van der Waals surface area (Å²) in [5.41, 5.74) is -1.36. The molecule has 0 aliphatic heterocycles. The summed E-state index contributed by atoms with van der Waals surface area (Å²) in [5.74, 6) is -1.16. The third kappa shape index (κ3) is 10.8. The number of carboxylic acids is 1. The lowest BCUT2D eigenvalue weighted by molar-refractivity contribution is -0.138. The number of carbonyl (C=O) groups excluding carboxylic acids is 2. The SMILES string of the molecule is CC(C)(C)OC(=O)NCCN(CC(=O)O)C(=O)OC(C)(C)C. The minimum atomic E-state index is -1.16. The number of rotatable bonds is 5. The quantitative estimate of drug-likeness (QED) is 0.801. The Labute approximate surface area is 130 Å². The smallest absolute Gasteiger partial charge is 0.410 e. The van der Waals surface area contributed by atoms with Crippen LogP contribution >= 0.6 is 0 Å². The van der Waals surface area contributed by atoms with Crippen molar-refractivity contribution in [1.82, 2.24) is 10.2 Å². The average molecular weight is 318 g/mol. The average Bonchev–Trinajstić information content (AvgIpc) is 2.21. The molecule has 0 unspecified atom stereocenters. The molecule has 0 radical (unpaired) electrons. The summed E-state index contributed by atoms with van der Waals surface area (Å²) in [6.07, 6.45) is -1.38. The first kappa shape index (κ1) is 20.0. The number of carbonyl (C=O) groups is 3. The molecular weight excluding hydrogens is 292 g/mol. The molecule has 0 rings (SSSR count). The number of carboxylic acid groups (broad SMARTS) is 1. The Bertz CT molecular complexity index is 409. The zero-order valence-corrected chi connectivity index (χ0v) is 14.1. The number of hydrogen-bond donors (Lipinski definition) is 2. The van der Waals surface area contributed by atoms with Crippen molar-refractivity contribution in [3.05, 3.63) is 0 Å². The molecule has 0 saturated carbocycles. The highest BCUT2D eigenvalue weighted by molar-refractivity contribution is 5.77. The van der Waals surface area contributed by atoms with Gasteiger partial charge in [-0.25, -0.2) is 9.59 Å². The van der Waals surface area contributed by atoms with E-state index >= 15 is 0 Å². The number of nitrogens with one attached hydrogen (secondary N) is 1. The van der Waals surface area contributed by atoms with Crippen LogP contribution in [0.2, 0.25) is 0 Å². The van der Waals surface area contributed by atoms with E-state index in [1.165, 1.54) is 0 Å². The lowest BCUT2D eigenvalue weighted by atomic mass is 10.2. The van der Waals surface area contributed by atoms with Gasteiger partial charge >= 0.3 is 18.2 Å². The zero-order chi connectivity index (χ0) is 17.6. The van der Waals surface area contributed by atoms with Crippen molar-refractivity contribution in [1.29, 1.82) is 0 Å². The molecule has 0 atom stereocenters. The molecule has 8 heteroatoms. The molecule has 0 aromatic rings. The predicted octanol–water partition coefficient (Wildman–Crippen LogP) is 1.83. The van der Waals surface area contributed by atoms with Crippen molar-refractivity contribution in [2.24, 2.45) is 0 Å². The Morgan fingerprint density at radius 2 is 1.50 bits per heavy atom. The molecular formula is C14H26N2O6. The van der Waals surface area contributed by atoms with Gasteiger partial charge in [-0.05, 0) is 41.5 Å². The third-order valence-corrected chi connectivity index (χ3v) is 2.03. The van der Waals surface area contributed by atoms with Gasteiger partial charge in [0.2, 0.25) is 0 Å². The van der Waals surface area contributed by atoms with Crippen LogP contribution in [0.5, 0.6) is 0 Å². The number of nitrogens with zero attached hydrogens (tertiary/aromatic N) is 1. The Morgan fingerprint density at radius 1 is 1.00 bits per heavy atom. The van der Waals surface area contributed by atoms with E-state index in [-0.39, 0.29) is 13.1 Å². The maximum Gasteiger partial charge on any atom is 0.410 e. The van der Waals surface area contributed by atoms with Gasteiger partial charge in [0.15, 0.2) is 0 Å². The fraction of sp³-hybridized carbons (Fsp3) is 0.786. The first-order valence-corrected chi connectivity index (χ1v) is 6.97. The Morgan fingerprint density at radius 3 is 1.91 bits per heavy atom. The number of ether oxygens (including phenoxy) is 2. The molecule has 2 N–H and O–H groups in total. The molecule has 0 aromatic carbocycles. The summed E-state index contributed by atoms with van der Waals surface area (Å²) in [4.78, 5) is 35.2. The Hall–Kier alpha value is -1.99. The van der Waals surface area contributed by atoms with E-state index < -0.39 is 35.9 Å². The fourth-order valence-corrected chi connectivity index (χ4v) is 1.33. The van der Waals surface area contributed by atoms with Gasteiger partial charge in [0.05, 0.1) is 0 Å². The van der Waals surface area contributed by atoms with Gasteiger partial charge in [-0.2, -0.15) is 0 Å². The minimum absolute atomic E-state index is 0.000453. The van der Waals surface area contributed by atoms with Crippen LogP contribution in [0.3, 0.4) is 0 Å². The van der Waals surface area contributed by atoms with E-state index in [2.05, 4.69) is 5.32 Å². The highest BCUT2D eigenvalue weighted by Crippen LogP contribution is 2.10. The highest BCUT2D eigenvalue weighted by Gasteiger charge is 2.24. The topological polar surface area (TPSA) is 105 Å². The van der Waals surface area contributed by atoms with E-state index in [1.807, 2.05) is 0 Å². The molecule has 0 heterocycles. The third-order valence-electron chi connectivity index (χ3n) is 2.03. The largest absolute Gasteiger partial charge is 0.480 e. The minimum Gasteiger partial charge on any atom is -0.480 e. The van der Waals surface area contributed by atoms with Crippen molar-refractivity contribution in [3.8, 4) is 0 Å². The molecule has 8 nitrogen and oxygen atoms in total. The van der Waals surface area contributed by atoms with Crippen molar-refractivity contribution in [2.75, 3.05) is 19.6 Å². The van der Waals surface area contributed by atoms with Gasteiger partial charge in [0, 0.05) is 13.1 Å². The normalized spacial score (nSPS) is 11.5. The van der Waals surface area contributed by atoms with Crippen LogP contribution in [0.15, 0.2) is 0 Å². The second kappa shape index (κ2) is 7.86. The summed E-state index contributed by atoms with van der Waals surface area (Å²) >= 11 is 0. The number of aliphatic carboxylic acids is 1. The summed E-state index contributed by atoms with van der Waals surface area (Å²) < 4.78 is 10.2. The van der Waals surface area contributed by atoms with E-state index in [0.717, 1.165) is 4.90 Å². The molecule has 128 valence electrons. The van der Waals surface area contributed by atoms with E-state index in [1.54, 1.807) is 41.5 Å². The lowest BCUT2D eigenvalue weighted by Gasteiger charge is -2.26. The predicted molar refractivity (Wildman–Crippen MR) is 79.7 cm³/mol. The monoisotopic (exact) mass is 318 g/mol. The van der Waals surface area contributed by atoms with E-state index in [0.29, 0.717) is 0 Å². The summed E-state index contributed by atoms with van der Waals surface area (Å²) in [5, 5.41) is 11.3. The number of hydrogen-bond acceptors (Lipinski definition) is 5. The second-order valence-electron chi connectivity index (χ2n) is 6.72. The summed E-state index contributed by atoms with van der Waals surface area (Å²) in [7, 11) is 0. The second-order valence-corrected chi connectivity index (χ2v) is 6.72. The molecule has 0 bridgehead atoms. The van der Waals surface area contributed by atoms with Gasteiger partial charge in [0.25, 0.3) is 0 Å². The van der Waals surface area contributed by atoms with E-state index in [4.69, 9.17) is 14.6 Å². The highest BCUT2D eigenvalue weighted by atomic mass is 16.6. The van der Waals surface area contributed by atoms with Crippen LogP contribution in [0.1, 0.15) is 41.5 Å². The van der Waals surface area contributed by atoms with Gasteiger partial charge in [0.1, 0.15) is 17.7 Å². The molecule has 22 heavy (non-hydrogen) atoms. The van der Waals surface area contributed by atoms with E-state index in [9.17, 15) is 14.4 Å². The van der Waals surface area contributed by atoms with Gasteiger partial charge < -0.3 is 19.9 Å². The summed E-state index contributed by atoms with van der Waals surface area (Å²) in [6, 6.07) is 0. The van der Waals surface area contributed by atoms with Gasteiger partial charge in [-0.1, -0.05) is 0 Å². The van der Waals surface area contributed by atoms with Crippen molar-refractivity contribution < 1.29 is 29.0 Å². The lowest BCUT2D eigenvalue weighted by Crippen LogP contribution is -2.44. The molecule has 0 saturated heterocycles. The Kier molecular flexibility index (Phi) is 7.15. The van der Waals surface area contributed by atoms with Crippen molar-refractivity contribution in [3.63, 3.8) is 0 Å². The molecule has 0 spiro atoms. The van der Waals surface area contributed by atoms with Crippen LogP contribution < -0.4 is 5.32 Å². The molecule has 0 aliphatic carbocycles. The van der Waals surface area contributed by atoms with Crippen LogP contribution in [-0.2, 0) is 14.3 Å². The standard InChI is InChI=1S/C14H26N2O6/c1-13(2,3)21-11(19)15-7-8-16(9-10(17)18)12(20)22-14(4,5)6/h7-9H2,1-6H3,(H,15,19)(H,17,18).